The van der Waals surface area contributed by atoms with Crippen LogP contribution in [-0.2, 0) is 28.1 Å². The summed E-state index contributed by atoms with van der Waals surface area (Å²) in [4.78, 5) is 0. The number of alkyl halides is 3. The van der Waals surface area contributed by atoms with Crippen molar-refractivity contribution in [3.63, 3.8) is 0 Å². The fraction of sp³-hybridized carbons (Fsp3) is 0.478. The molecular weight excluding hydrogens is 442 g/mol. The van der Waals surface area contributed by atoms with Crippen LogP contribution >= 0.6 is 8.69 Å². The molecule has 3 N–H and O–H groups in total. The Hall–Kier alpha value is -1.99. The van der Waals surface area contributed by atoms with Gasteiger partial charge in [0.15, 0.2) is 0 Å². The number of aliphatic hydroxyl groups is 1. The van der Waals surface area contributed by atoms with Gasteiger partial charge in [-0.05, 0) is 78.5 Å². The van der Waals surface area contributed by atoms with Gasteiger partial charge in [0, 0.05) is 0 Å². The number of aryl methyl sites for hydroxylation is 3. The zero-order valence-corrected chi connectivity index (χ0v) is 19.3. The van der Waals surface area contributed by atoms with Crippen LogP contribution in [0.2, 0.25) is 0 Å². The zero-order valence-electron chi connectivity index (χ0n) is 18.3. The molecule has 0 amide bonds. The lowest BCUT2D eigenvalue weighted by Crippen LogP contribution is -2.47. The number of ether oxygens (including phenoxy) is 1. The summed E-state index contributed by atoms with van der Waals surface area (Å²) >= 11 is 0. The predicted octanol–water partition coefficient (Wildman–Crippen LogP) is 4.91. The van der Waals surface area contributed by atoms with Crippen LogP contribution in [0.25, 0.3) is 0 Å². The fourth-order valence-electron chi connectivity index (χ4n) is 3.37. The van der Waals surface area contributed by atoms with E-state index in [9.17, 15) is 22.8 Å². The molecule has 32 heavy (non-hydrogen) atoms. The van der Waals surface area contributed by atoms with Crippen LogP contribution in [0.15, 0.2) is 36.4 Å². The maximum atomic E-state index is 13.6. The minimum atomic E-state index is -4.57. The highest BCUT2D eigenvalue weighted by Crippen LogP contribution is 2.37. The summed E-state index contributed by atoms with van der Waals surface area (Å²) in [6, 6.07) is 9.95. The van der Waals surface area contributed by atoms with Crippen LogP contribution in [0.4, 0.5) is 13.2 Å². The Labute approximate surface area is 188 Å². The van der Waals surface area contributed by atoms with E-state index >= 15 is 0 Å². The quantitative estimate of drug-likeness (QED) is 0.339. The first kappa shape index (κ1) is 26.3. The molecule has 2 aromatic carbocycles. The maximum absolute atomic E-state index is 13.6. The van der Waals surface area contributed by atoms with Gasteiger partial charge in [0.1, 0.15) is 12.4 Å². The molecule has 2 atom stereocenters. The Morgan fingerprint density at radius 3 is 2.53 bits per heavy atom. The van der Waals surface area contributed by atoms with Gasteiger partial charge >= 0.3 is 14.9 Å². The molecule has 0 radical (unpaired) electrons. The summed E-state index contributed by atoms with van der Waals surface area (Å²) in [5.74, 6) is -0.209. The molecule has 0 heterocycles. The first-order valence-corrected chi connectivity index (χ1v) is 11.2. The second kappa shape index (κ2) is 11.8. The summed E-state index contributed by atoms with van der Waals surface area (Å²) in [5.41, 5.74) is 7.90. The molecule has 0 saturated carbocycles. The third-order valence-corrected chi connectivity index (χ3v) is 5.82. The largest absolute Gasteiger partial charge is 0.494 e. The zero-order chi connectivity index (χ0) is 23.8. The van der Waals surface area contributed by atoms with Crippen LogP contribution in [0, 0.1) is 13.8 Å². The Kier molecular flexibility index (Phi) is 9.64. The average Bonchev–Trinajstić information content (AvgIpc) is 2.76. The van der Waals surface area contributed by atoms with Gasteiger partial charge in [-0.3, -0.25) is 0 Å². The SMILES string of the molecule is Cc1cccc(CCCOc2ccc(CCC(N)(CO)CO[PH+]=O)cc2C(F)(F)F)c1C. The minimum absolute atomic E-state index is 0.154. The van der Waals surface area contributed by atoms with Crippen molar-refractivity contribution in [3.8, 4) is 5.75 Å². The predicted molar refractivity (Wildman–Crippen MR) is 118 cm³/mol. The Bertz CT molecular complexity index is 907. The average molecular weight is 472 g/mol. The highest BCUT2D eigenvalue weighted by atomic mass is 31.1. The van der Waals surface area contributed by atoms with Gasteiger partial charge in [0.25, 0.3) is 0 Å². The summed E-state index contributed by atoms with van der Waals surface area (Å²) in [5, 5.41) is 9.45. The Morgan fingerprint density at radius 1 is 1.12 bits per heavy atom. The smallest absolute Gasteiger partial charge is 0.493 e. The molecule has 0 saturated heterocycles. The Morgan fingerprint density at radius 2 is 1.88 bits per heavy atom. The van der Waals surface area contributed by atoms with Gasteiger partial charge in [0.05, 0.1) is 24.3 Å². The highest BCUT2D eigenvalue weighted by molar-refractivity contribution is 7.17. The van der Waals surface area contributed by atoms with Gasteiger partial charge in [-0.25, -0.2) is 0 Å². The lowest BCUT2D eigenvalue weighted by molar-refractivity contribution is -0.139. The molecule has 176 valence electrons. The van der Waals surface area contributed by atoms with Gasteiger partial charge in [0.2, 0.25) is 0 Å². The van der Waals surface area contributed by atoms with Gasteiger partial charge in [-0.2, -0.15) is 13.2 Å². The number of benzene rings is 2. The van der Waals surface area contributed by atoms with Gasteiger partial charge in [-0.15, -0.1) is 4.52 Å². The van der Waals surface area contributed by atoms with E-state index in [-0.39, 0.29) is 31.8 Å². The molecule has 0 aliphatic heterocycles. The lowest BCUT2D eigenvalue weighted by atomic mass is 9.93. The van der Waals surface area contributed by atoms with Crippen molar-refractivity contribution in [1.82, 2.24) is 0 Å². The second-order valence-corrected chi connectivity index (χ2v) is 8.49. The van der Waals surface area contributed by atoms with E-state index in [1.165, 1.54) is 17.2 Å². The van der Waals surface area contributed by atoms with Crippen LogP contribution in [0.1, 0.15) is 40.7 Å². The van der Waals surface area contributed by atoms with Gasteiger partial charge < -0.3 is 15.6 Å². The van der Waals surface area contributed by atoms with E-state index in [0.29, 0.717) is 12.0 Å². The van der Waals surface area contributed by atoms with Crippen molar-refractivity contribution < 1.29 is 32.1 Å². The maximum Gasteiger partial charge on any atom is 0.494 e. The summed E-state index contributed by atoms with van der Waals surface area (Å²) in [6.07, 6.45) is -2.89. The highest BCUT2D eigenvalue weighted by Gasteiger charge is 2.35. The van der Waals surface area contributed by atoms with E-state index in [2.05, 4.69) is 0 Å². The monoisotopic (exact) mass is 472 g/mol. The first-order valence-electron chi connectivity index (χ1n) is 10.4. The first-order chi connectivity index (χ1) is 15.1. The van der Waals surface area contributed by atoms with Gasteiger partial charge in [-0.1, -0.05) is 24.3 Å². The molecule has 2 rings (SSSR count). The topological polar surface area (TPSA) is 81.8 Å². The number of rotatable bonds is 12. The third kappa shape index (κ3) is 7.55. The van der Waals surface area contributed by atoms with Crippen molar-refractivity contribution in [2.75, 3.05) is 19.8 Å². The Balaban J connectivity index is 2.03. The van der Waals surface area contributed by atoms with E-state index < -0.39 is 32.6 Å². The van der Waals surface area contributed by atoms with Crippen molar-refractivity contribution in [1.29, 1.82) is 0 Å². The van der Waals surface area contributed by atoms with Crippen molar-refractivity contribution in [2.45, 2.75) is 51.2 Å². The summed E-state index contributed by atoms with van der Waals surface area (Å²) in [7, 11) is -1.02. The molecule has 9 heteroatoms. The number of nitrogens with two attached hydrogens (primary N) is 1. The molecule has 0 aromatic heterocycles. The summed E-state index contributed by atoms with van der Waals surface area (Å²) < 4.78 is 61.6. The van der Waals surface area contributed by atoms with Crippen molar-refractivity contribution >= 4 is 8.69 Å². The molecule has 5 nitrogen and oxygen atoms in total. The van der Waals surface area contributed by atoms with Crippen molar-refractivity contribution in [3.05, 3.63) is 64.2 Å². The third-order valence-electron chi connectivity index (χ3n) is 5.56. The number of hydrogen-bond acceptors (Lipinski definition) is 5. The number of aliphatic hydroxyl groups excluding tert-OH is 1. The molecular formula is C23H30F3NO4P+. The summed E-state index contributed by atoms with van der Waals surface area (Å²) in [6.45, 7) is 3.63. The van der Waals surface area contributed by atoms with Crippen LogP contribution in [0.3, 0.4) is 0 Å². The molecule has 2 aromatic rings. The van der Waals surface area contributed by atoms with Crippen LogP contribution in [-0.4, -0.2) is 30.5 Å². The number of hydrogen-bond donors (Lipinski definition) is 2. The molecule has 0 spiro atoms. The number of halogens is 3. The van der Waals surface area contributed by atoms with Crippen LogP contribution in [0.5, 0.6) is 5.75 Å². The molecule has 0 fully saturated rings. The van der Waals surface area contributed by atoms with E-state index in [4.69, 9.17) is 15.0 Å². The standard InChI is InChI=1S/C23H30F3NO4P/c1-16-5-3-6-19(17(16)2)7-4-12-30-21-9-8-18(13-20(21)23(24,25)26)10-11-22(27,14-28)15-31-32-29/h3,5-6,8-9,13,28,32H,4,7,10-12,14-15,27H2,1-2H3/q+1. The second-order valence-electron chi connectivity index (χ2n) is 8.03. The normalized spacial score (nSPS) is 13.8. The molecule has 0 aliphatic rings. The van der Waals surface area contributed by atoms with E-state index in [1.54, 1.807) is 6.07 Å². The minimum Gasteiger partial charge on any atom is -0.493 e. The van der Waals surface area contributed by atoms with E-state index in [1.807, 2.05) is 32.0 Å². The molecule has 0 bridgehead atoms. The van der Waals surface area contributed by atoms with Crippen LogP contribution < -0.4 is 10.5 Å². The van der Waals surface area contributed by atoms with E-state index in [0.717, 1.165) is 18.1 Å². The molecule has 0 aliphatic carbocycles. The lowest BCUT2D eigenvalue weighted by Gasteiger charge is -2.24. The molecule has 2 unspecified atom stereocenters. The fourth-order valence-corrected chi connectivity index (χ4v) is 3.72. The van der Waals surface area contributed by atoms with Crippen molar-refractivity contribution in [2.24, 2.45) is 5.73 Å².